The number of nitrogens with one attached hydrogen (secondary N) is 2. The van der Waals surface area contributed by atoms with Gasteiger partial charge in [-0.2, -0.15) is 0 Å². The average Bonchev–Trinajstić information content (AvgIpc) is 2.42. The maximum atomic E-state index is 11.6. The van der Waals surface area contributed by atoms with Gasteiger partial charge in [0, 0.05) is 26.3 Å². The van der Waals surface area contributed by atoms with Crippen molar-refractivity contribution in [3.05, 3.63) is 35.9 Å². The zero-order chi connectivity index (χ0) is 13.9. The number of hydrogen-bond acceptors (Lipinski definition) is 2. The number of rotatable bonds is 8. The van der Waals surface area contributed by atoms with Crippen LogP contribution in [0.15, 0.2) is 30.3 Å². The number of benzene rings is 1. The molecule has 0 aliphatic heterocycles. The molecule has 1 unspecified atom stereocenters. The lowest BCUT2D eigenvalue weighted by molar-refractivity contribution is 0.193. The predicted octanol–water partition coefficient (Wildman–Crippen LogP) is 2.34. The first kappa shape index (κ1) is 15.5. The Morgan fingerprint density at radius 2 is 2.05 bits per heavy atom. The van der Waals surface area contributed by atoms with Gasteiger partial charge < -0.3 is 15.4 Å². The largest absolute Gasteiger partial charge is 0.385 e. The van der Waals surface area contributed by atoms with Crippen LogP contribution in [0.5, 0.6) is 0 Å². The number of ether oxygens (including phenoxy) is 1. The summed E-state index contributed by atoms with van der Waals surface area (Å²) < 4.78 is 4.92. The first-order valence-electron chi connectivity index (χ1n) is 6.79. The fourth-order valence-electron chi connectivity index (χ4n) is 1.79. The van der Waals surface area contributed by atoms with Crippen LogP contribution in [0, 0.1) is 0 Å². The number of aryl methyl sites for hydroxylation is 1. The minimum Gasteiger partial charge on any atom is -0.385 e. The first-order valence-corrected chi connectivity index (χ1v) is 6.79. The van der Waals surface area contributed by atoms with Gasteiger partial charge in [0.05, 0.1) is 0 Å². The molecule has 1 atom stereocenters. The van der Waals surface area contributed by atoms with Crippen molar-refractivity contribution in [2.45, 2.75) is 32.2 Å². The summed E-state index contributed by atoms with van der Waals surface area (Å²) in [6, 6.07) is 10.4. The lowest BCUT2D eigenvalue weighted by Crippen LogP contribution is -2.41. The van der Waals surface area contributed by atoms with Crippen LogP contribution in [0.4, 0.5) is 4.79 Å². The second-order valence-electron chi connectivity index (χ2n) is 4.67. The Labute approximate surface area is 115 Å². The molecule has 1 rings (SSSR count). The zero-order valence-corrected chi connectivity index (χ0v) is 11.8. The molecule has 0 saturated heterocycles. The van der Waals surface area contributed by atoms with E-state index in [1.54, 1.807) is 7.11 Å². The van der Waals surface area contributed by atoms with Crippen LogP contribution in [0.3, 0.4) is 0 Å². The van der Waals surface area contributed by atoms with E-state index < -0.39 is 0 Å². The fraction of sp³-hybridized carbons (Fsp3) is 0.533. The Morgan fingerprint density at radius 1 is 1.32 bits per heavy atom. The number of carbonyl (C=O) groups excluding carboxylic acids is 1. The van der Waals surface area contributed by atoms with E-state index in [-0.39, 0.29) is 12.1 Å². The molecule has 1 aromatic rings. The Kier molecular flexibility index (Phi) is 7.66. The molecule has 0 fully saturated rings. The SMILES string of the molecule is COCCCNC(=O)NC(C)CCc1ccccc1. The van der Waals surface area contributed by atoms with Crippen LogP contribution >= 0.6 is 0 Å². The molecule has 106 valence electrons. The summed E-state index contributed by atoms with van der Waals surface area (Å²) in [5.41, 5.74) is 1.30. The standard InChI is InChI=1S/C15H24N2O2/c1-13(9-10-14-7-4-3-5-8-14)17-15(18)16-11-6-12-19-2/h3-5,7-8,13H,6,9-12H2,1-2H3,(H2,16,17,18). The topological polar surface area (TPSA) is 50.4 Å². The summed E-state index contributed by atoms with van der Waals surface area (Å²) in [7, 11) is 1.66. The molecule has 4 heteroatoms. The highest BCUT2D eigenvalue weighted by atomic mass is 16.5. The number of amides is 2. The minimum atomic E-state index is -0.100. The third-order valence-corrected chi connectivity index (χ3v) is 2.90. The third kappa shape index (κ3) is 7.47. The molecule has 4 nitrogen and oxygen atoms in total. The van der Waals surface area contributed by atoms with Gasteiger partial charge in [0.25, 0.3) is 0 Å². The van der Waals surface area contributed by atoms with E-state index in [0.717, 1.165) is 19.3 Å². The third-order valence-electron chi connectivity index (χ3n) is 2.90. The monoisotopic (exact) mass is 264 g/mol. The molecule has 0 aromatic heterocycles. The molecule has 1 aromatic carbocycles. The molecule has 0 bridgehead atoms. The van der Waals surface area contributed by atoms with Gasteiger partial charge in [-0.1, -0.05) is 30.3 Å². The molecule has 0 heterocycles. The van der Waals surface area contributed by atoms with Crippen molar-refractivity contribution in [3.63, 3.8) is 0 Å². The van der Waals surface area contributed by atoms with E-state index in [2.05, 4.69) is 22.8 Å². The maximum absolute atomic E-state index is 11.6. The Bertz CT molecular complexity index is 354. The summed E-state index contributed by atoms with van der Waals surface area (Å²) in [6.07, 6.45) is 2.75. The Hall–Kier alpha value is -1.55. The van der Waals surface area contributed by atoms with Gasteiger partial charge in [0.15, 0.2) is 0 Å². The summed E-state index contributed by atoms with van der Waals surface area (Å²) >= 11 is 0. The minimum absolute atomic E-state index is 0.100. The van der Waals surface area contributed by atoms with Gasteiger partial charge in [-0.15, -0.1) is 0 Å². The molecule has 19 heavy (non-hydrogen) atoms. The van der Waals surface area contributed by atoms with Gasteiger partial charge in [-0.3, -0.25) is 0 Å². The van der Waals surface area contributed by atoms with Crippen molar-refractivity contribution in [2.75, 3.05) is 20.3 Å². The Morgan fingerprint density at radius 3 is 2.74 bits per heavy atom. The molecular formula is C15H24N2O2. The van der Waals surface area contributed by atoms with Gasteiger partial charge in [0.1, 0.15) is 0 Å². The van der Waals surface area contributed by atoms with E-state index >= 15 is 0 Å². The van der Waals surface area contributed by atoms with Crippen molar-refractivity contribution in [2.24, 2.45) is 0 Å². The van der Waals surface area contributed by atoms with Crippen LogP contribution < -0.4 is 10.6 Å². The molecule has 0 spiro atoms. The number of carbonyl (C=O) groups is 1. The van der Waals surface area contributed by atoms with Crippen LogP contribution in [0.25, 0.3) is 0 Å². The number of methoxy groups -OCH3 is 1. The maximum Gasteiger partial charge on any atom is 0.314 e. The highest BCUT2D eigenvalue weighted by Crippen LogP contribution is 2.04. The molecule has 2 amide bonds. The molecular weight excluding hydrogens is 240 g/mol. The molecule has 0 aliphatic rings. The molecule has 0 saturated carbocycles. The van der Waals surface area contributed by atoms with Crippen molar-refractivity contribution >= 4 is 6.03 Å². The van der Waals surface area contributed by atoms with E-state index in [4.69, 9.17) is 4.74 Å². The lowest BCUT2D eigenvalue weighted by Gasteiger charge is -2.14. The number of hydrogen-bond donors (Lipinski definition) is 2. The van der Waals surface area contributed by atoms with Crippen molar-refractivity contribution in [3.8, 4) is 0 Å². The van der Waals surface area contributed by atoms with Gasteiger partial charge in [-0.05, 0) is 31.7 Å². The van der Waals surface area contributed by atoms with E-state index in [1.807, 2.05) is 25.1 Å². The van der Waals surface area contributed by atoms with E-state index in [9.17, 15) is 4.79 Å². The predicted molar refractivity (Wildman–Crippen MR) is 77.3 cm³/mol. The first-order chi connectivity index (χ1) is 9.22. The highest BCUT2D eigenvalue weighted by molar-refractivity contribution is 5.74. The average molecular weight is 264 g/mol. The fourth-order valence-corrected chi connectivity index (χ4v) is 1.79. The van der Waals surface area contributed by atoms with Crippen LogP contribution in [0.2, 0.25) is 0 Å². The second-order valence-corrected chi connectivity index (χ2v) is 4.67. The van der Waals surface area contributed by atoms with E-state index in [0.29, 0.717) is 13.2 Å². The molecule has 2 N–H and O–H groups in total. The summed E-state index contributed by atoms with van der Waals surface area (Å²) in [5, 5.41) is 5.75. The van der Waals surface area contributed by atoms with Crippen molar-refractivity contribution in [1.29, 1.82) is 0 Å². The summed E-state index contributed by atoms with van der Waals surface area (Å²) in [6.45, 7) is 3.34. The van der Waals surface area contributed by atoms with E-state index in [1.165, 1.54) is 5.56 Å². The normalized spacial score (nSPS) is 11.9. The lowest BCUT2D eigenvalue weighted by atomic mass is 10.1. The van der Waals surface area contributed by atoms with Gasteiger partial charge in [-0.25, -0.2) is 4.79 Å². The van der Waals surface area contributed by atoms with Crippen molar-refractivity contribution < 1.29 is 9.53 Å². The van der Waals surface area contributed by atoms with Crippen LogP contribution in [-0.2, 0) is 11.2 Å². The highest BCUT2D eigenvalue weighted by Gasteiger charge is 2.06. The van der Waals surface area contributed by atoms with Crippen LogP contribution in [-0.4, -0.2) is 32.3 Å². The van der Waals surface area contributed by atoms with Gasteiger partial charge >= 0.3 is 6.03 Å². The zero-order valence-electron chi connectivity index (χ0n) is 11.8. The summed E-state index contributed by atoms with van der Waals surface area (Å²) in [4.78, 5) is 11.6. The Balaban J connectivity index is 2.13. The second kappa shape index (κ2) is 9.39. The molecule has 0 radical (unpaired) electrons. The van der Waals surface area contributed by atoms with Crippen LogP contribution in [0.1, 0.15) is 25.3 Å². The number of urea groups is 1. The van der Waals surface area contributed by atoms with Gasteiger partial charge in [0.2, 0.25) is 0 Å². The summed E-state index contributed by atoms with van der Waals surface area (Å²) in [5.74, 6) is 0. The quantitative estimate of drug-likeness (QED) is 0.708. The van der Waals surface area contributed by atoms with Crippen molar-refractivity contribution in [1.82, 2.24) is 10.6 Å². The molecule has 0 aliphatic carbocycles. The smallest absolute Gasteiger partial charge is 0.314 e.